The molecule has 2 aromatic rings. The molecule has 4 nitrogen and oxygen atoms in total. The van der Waals surface area contributed by atoms with Gasteiger partial charge >= 0.3 is 0 Å². The Balaban J connectivity index is 0.00000264. The van der Waals surface area contributed by atoms with E-state index in [0.29, 0.717) is 12.5 Å². The van der Waals surface area contributed by atoms with Crippen molar-refractivity contribution in [2.45, 2.75) is 20.3 Å². The topological polar surface area (TPSA) is 59.6 Å². The maximum Gasteiger partial charge on any atom is 0.193 e. The number of para-hydroxylation sites is 2. The fourth-order valence-corrected chi connectivity index (χ4v) is 2.35. The molecule has 0 aliphatic rings. The van der Waals surface area contributed by atoms with Crippen molar-refractivity contribution in [2.24, 2.45) is 10.7 Å². The van der Waals surface area contributed by atoms with E-state index in [4.69, 9.17) is 10.5 Å². The molecule has 0 spiro atoms. The normalized spacial score (nSPS) is 10.8. The maximum absolute atomic E-state index is 5.94. The largest absolute Gasteiger partial charge is 0.495 e. The molecule has 0 fully saturated rings. The summed E-state index contributed by atoms with van der Waals surface area (Å²) in [6.45, 7) is 4.88. The molecule has 0 radical (unpaired) electrons. The number of hydrogen-bond acceptors (Lipinski definition) is 2. The van der Waals surface area contributed by atoms with Gasteiger partial charge in [-0.2, -0.15) is 0 Å². The lowest BCUT2D eigenvalue weighted by atomic mass is 10.0. The van der Waals surface area contributed by atoms with E-state index < -0.39 is 0 Å². The second-order valence-corrected chi connectivity index (χ2v) is 5.27. The van der Waals surface area contributed by atoms with E-state index in [-0.39, 0.29) is 24.0 Å². The van der Waals surface area contributed by atoms with Gasteiger partial charge in [0.05, 0.1) is 12.8 Å². The number of nitrogens with two attached hydrogens (primary N) is 1. The van der Waals surface area contributed by atoms with Crippen molar-refractivity contribution in [2.75, 3.05) is 19.0 Å². The van der Waals surface area contributed by atoms with Crippen molar-refractivity contribution in [3.8, 4) is 5.75 Å². The molecule has 0 saturated heterocycles. The molecule has 0 amide bonds. The summed E-state index contributed by atoms with van der Waals surface area (Å²) in [5, 5.41) is 3.07. The molecule has 0 aliphatic carbocycles. The van der Waals surface area contributed by atoms with E-state index in [1.54, 1.807) is 7.11 Å². The standard InChI is InChI=1S/C18H23N3O.HI/c1-13-8-9-15(14(2)12-13)10-11-20-18(19)21-16-6-4-5-7-17(16)22-3;/h4-9,12H,10-11H2,1-3H3,(H3,19,20,21);1H. The van der Waals surface area contributed by atoms with E-state index in [9.17, 15) is 0 Å². The highest BCUT2D eigenvalue weighted by molar-refractivity contribution is 14.0. The van der Waals surface area contributed by atoms with E-state index >= 15 is 0 Å². The van der Waals surface area contributed by atoms with Gasteiger partial charge in [0.1, 0.15) is 5.75 Å². The van der Waals surface area contributed by atoms with Gasteiger partial charge in [-0.15, -0.1) is 24.0 Å². The first kappa shape index (κ1) is 19.3. The SMILES string of the molecule is COc1ccccc1NC(N)=NCCc1ccc(C)cc1C.I. The average Bonchev–Trinajstić information content (AvgIpc) is 2.50. The molecule has 0 heterocycles. The molecule has 0 atom stereocenters. The fraction of sp³-hybridized carbons (Fsp3) is 0.278. The van der Waals surface area contributed by atoms with Crippen LogP contribution in [0.1, 0.15) is 16.7 Å². The van der Waals surface area contributed by atoms with E-state index in [1.165, 1.54) is 16.7 Å². The van der Waals surface area contributed by atoms with Crippen LogP contribution in [-0.4, -0.2) is 19.6 Å². The van der Waals surface area contributed by atoms with Crippen LogP contribution in [0.5, 0.6) is 5.75 Å². The third-order valence-electron chi connectivity index (χ3n) is 3.53. The van der Waals surface area contributed by atoms with E-state index in [1.807, 2.05) is 24.3 Å². The Hall–Kier alpha value is -1.76. The first-order chi connectivity index (χ1) is 10.6. The predicted octanol–water partition coefficient (Wildman–Crippen LogP) is 3.90. The third kappa shape index (κ3) is 5.74. The minimum absolute atomic E-state index is 0. The molecule has 2 rings (SSSR count). The van der Waals surface area contributed by atoms with Gasteiger partial charge in [0.2, 0.25) is 0 Å². The molecule has 23 heavy (non-hydrogen) atoms. The highest BCUT2D eigenvalue weighted by Crippen LogP contribution is 2.22. The number of hydrogen-bond donors (Lipinski definition) is 2. The number of rotatable bonds is 5. The zero-order valence-corrected chi connectivity index (χ0v) is 16.1. The van der Waals surface area contributed by atoms with Gasteiger partial charge in [-0.25, -0.2) is 0 Å². The number of nitrogens with zero attached hydrogens (tertiary/aromatic N) is 1. The van der Waals surface area contributed by atoms with Crippen LogP contribution in [-0.2, 0) is 6.42 Å². The number of guanidine groups is 1. The number of nitrogens with one attached hydrogen (secondary N) is 1. The lowest BCUT2D eigenvalue weighted by molar-refractivity contribution is 0.417. The zero-order valence-electron chi connectivity index (χ0n) is 13.8. The van der Waals surface area contributed by atoms with Gasteiger partial charge < -0.3 is 15.8 Å². The minimum Gasteiger partial charge on any atom is -0.495 e. The highest BCUT2D eigenvalue weighted by Gasteiger charge is 2.02. The van der Waals surface area contributed by atoms with Crippen LogP contribution >= 0.6 is 24.0 Å². The quantitative estimate of drug-likeness (QED) is 0.434. The monoisotopic (exact) mass is 425 g/mol. The van der Waals surface area contributed by atoms with Crippen molar-refractivity contribution in [3.05, 3.63) is 59.2 Å². The molecule has 0 aromatic heterocycles. The van der Waals surface area contributed by atoms with Crippen molar-refractivity contribution < 1.29 is 4.74 Å². The lowest BCUT2D eigenvalue weighted by Crippen LogP contribution is -2.23. The summed E-state index contributed by atoms with van der Waals surface area (Å²) in [5.41, 5.74) is 10.6. The molecule has 3 N–H and O–H groups in total. The Bertz CT molecular complexity index is 671. The molecule has 2 aromatic carbocycles. The van der Waals surface area contributed by atoms with Crippen LogP contribution in [0.2, 0.25) is 0 Å². The van der Waals surface area contributed by atoms with Crippen LogP contribution < -0.4 is 15.8 Å². The molecule has 0 bridgehead atoms. The number of methoxy groups -OCH3 is 1. The summed E-state index contributed by atoms with van der Waals surface area (Å²) in [6, 6.07) is 14.1. The third-order valence-corrected chi connectivity index (χ3v) is 3.53. The van der Waals surface area contributed by atoms with Crippen LogP contribution in [0, 0.1) is 13.8 Å². The number of ether oxygens (including phenoxy) is 1. The van der Waals surface area contributed by atoms with Crippen molar-refractivity contribution >= 4 is 35.6 Å². The first-order valence-corrected chi connectivity index (χ1v) is 7.36. The van der Waals surface area contributed by atoms with Gasteiger partial charge in [0.25, 0.3) is 0 Å². The summed E-state index contributed by atoms with van der Waals surface area (Å²) in [7, 11) is 1.63. The Morgan fingerprint density at radius 1 is 1.17 bits per heavy atom. The molecule has 0 saturated carbocycles. The van der Waals surface area contributed by atoms with Gasteiger partial charge in [-0.05, 0) is 43.5 Å². The Morgan fingerprint density at radius 2 is 1.91 bits per heavy atom. The molecular formula is C18H24IN3O. The minimum atomic E-state index is 0. The zero-order chi connectivity index (χ0) is 15.9. The summed E-state index contributed by atoms with van der Waals surface area (Å²) in [5.74, 6) is 1.14. The van der Waals surface area contributed by atoms with Crippen molar-refractivity contribution in [1.29, 1.82) is 0 Å². The smallest absolute Gasteiger partial charge is 0.193 e. The number of aryl methyl sites for hydroxylation is 2. The number of anilines is 1. The fourth-order valence-electron chi connectivity index (χ4n) is 2.35. The first-order valence-electron chi connectivity index (χ1n) is 7.36. The second-order valence-electron chi connectivity index (χ2n) is 5.27. The van der Waals surface area contributed by atoms with Crippen LogP contribution in [0.15, 0.2) is 47.5 Å². The summed E-state index contributed by atoms with van der Waals surface area (Å²) in [4.78, 5) is 4.38. The second kappa shape index (κ2) is 9.39. The molecule has 0 unspecified atom stereocenters. The average molecular weight is 425 g/mol. The van der Waals surface area contributed by atoms with Crippen LogP contribution in [0.4, 0.5) is 5.69 Å². The van der Waals surface area contributed by atoms with Gasteiger partial charge in [-0.3, -0.25) is 4.99 Å². The highest BCUT2D eigenvalue weighted by atomic mass is 127. The van der Waals surface area contributed by atoms with Gasteiger partial charge in [0, 0.05) is 6.54 Å². The van der Waals surface area contributed by atoms with Crippen LogP contribution in [0.3, 0.4) is 0 Å². The molecule has 124 valence electrons. The summed E-state index contributed by atoms with van der Waals surface area (Å²) in [6.07, 6.45) is 0.875. The van der Waals surface area contributed by atoms with E-state index in [2.05, 4.69) is 42.4 Å². The van der Waals surface area contributed by atoms with Gasteiger partial charge in [-0.1, -0.05) is 35.9 Å². The summed E-state index contributed by atoms with van der Waals surface area (Å²) >= 11 is 0. The van der Waals surface area contributed by atoms with Gasteiger partial charge in [0.15, 0.2) is 5.96 Å². The molecular weight excluding hydrogens is 401 g/mol. The number of halogens is 1. The van der Waals surface area contributed by atoms with Crippen LogP contribution in [0.25, 0.3) is 0 Å². The Labute approximate surface area is 155 Å². The Morgan fingerprint density at radius 3 is 2.61 bits per heavy atom. The summed E-state index contributed by atoms with van der Waals surface area (Å²) < 4.78 is 5.27. The number of benzene rings is 2. The lowest BCUT2D eigenvalue weighted by Gasteiger charge is -2.10. The van der Waals surface area contributed by atoms with E-state index in [0.717, 1.165) is 17.9 Å². The predicted molar refractivity (Wildman–Crippen MR) is 108 cm³/mol. The van der Waals surface area contributed by atoms with Crippen molar-refractivity contribution in [1.82, 2.24) is 0 Å². The molecule has 5 heteroatoms. The maximum atomic E-state index is 5.94. The molecule has 0 aliphatic heterocycles. The van der Waals surface area contributed by atoms with Crippen molar-refractivity contribution in [3.63, 3.8) is 0 Å². The Kier molecular flexibility index (Phi) is 7.88. The number of aliphatic imine (C=N–C) groups is 1.